The summed E-state index contributed by atoms with van der Waals surface area (Å²) in [6, 6.07) is 0.364. The molecule has 0 aromatic heterocycles. The van der Waals surface area contributed by atoms with Crippen LogP contribution in [0.25, 0.3) is 0 Å². The molecule has 1 aliphatic carbocycles. The molecule has 2 aliphatic rings. The molecule has 3 N–H and O–H groups in total. The monoisotopic (exact) mass is 352 g/mol. The van der Waals surface area contributed by atoms with Gasteiger partial charge in [0.15, 0.2) is 0 Å². The molecule has 6 nitrogen and oxygen atoms in total. The van der Waals surface area contributed by atoms with Crippen LogP contribution in [-0.2, 0) is 9.59 Å². The van der Waals surface area contributed by atoms with E-state index in [9.17, 15) is 9.59 Å². The van der Waals surface area contributed by atoms with Crippen molar-refractivity contribution in [1.29, 1.82) is 0 Å². The topological polar surface area (TPSA) is 78.7 Å². The van der Waals surface area contributed by atoms with Gasteiger partial charge in [0.2, 0.25) is 11.8 Å². The summed E-state index contributed by atoms with van der Waals surface area (Å²) in [7, 11) is 0. The highest BCUT2D eigenvalue weighted by molar-refractivity contribution is 5.83. The molecule has 1 saturated heterocycles. The Kier molecular flexibility index (Phi) is 7.69. The maximum absolute atomic E-state index is 12.9. The summed E-state index contributed by atoms with van der Waals surface area (Å²) < 4.78 is 0. The predicted molar refractivity (Wildman–Crippen MR) is 100 cm³/mol. The second kappa shape index (κ2) is 9.53. The van der Waals surface area contributed by atoms with Gasteiger partial charge in [-0.2, -0.15) is 0 Å². The van der Waals surface area contributed by atoms with E-state index in [2.05, 4.69) is 10.2 Å². The molecule has 1 heterocycles. The van der Waals surface area contributed by atoms with Gasteiger partial charge in [-0.05, 0) is 25.7 Å². The van der Waals surface area contributed by atoms with Crippen molar-refractivity contribution < 1.29 is 9.59 Å². The van der Waals surface area contributed by atoms with Crippen LogP contribution in [0.5, 0.6) is 0 Å². The van der Waals surface area contributed by atoms with Crippen LogP contribution in [0.1, 0.15) is 58.8 Å². The Hall–Kier alpha value is -1.14. The third-order valence-corrected chi connectivity index (χ3v) is 6.19. The van der Waals surface area contributed by atoms with E-state index in [1.54, 1.807) is 0 Å². The highest BCUT2D eigenvalue weighted by Gasteiger charge is 2.37. The van der Waals surface area contributed by atoms with E-state index in [4.69, 9.17) is 5.73 Å². The number of nitrogens with zero attached hydrogens (tertiary/aromatic N) is 2. The molecule has 0 aromatic carbocycles. The van der Waals surface area contributed by atoms with Gasteiger partial charge in [-0.15, -0.1) is 0 Å². The van der Waals surface area contributed by atoms with Gasteiger partial charge in [-0.1, -0.05) is 33.1 Å². The lowest BCUT2D eigenvalue weighted by atomic mass is 9.81. The third kappa shape index (κ3) is 5.17. The fraction of sp³-hybridized carbons (Fsp3) is 0.895. The molecule has 6 heteroatoms. The average Bonchev–Trinajstić information content (AvgIpc) is 2.65. The zero-order valence-electron chi connectivity index (χ0n) is 16.1. The number of amides is 2. The van der Waals surface area contributed by atoms with Gasteiger partial charge < -0.3 is 16.0 Å². The lowest BCUT2D eigenvalue weighted by Crippen LogP contribution is -2.56. The molecule has 0 radical (unpaired) electrons. The zero-order valence-corrected chi connectivity index (χ0v) is 16.1. The van der Waals surface area contributed by atoms with E-state index in [1.165, 1.54) is 19.3 Å². The molecular formula is C19H36N4O2. The van der Waals surface area contributed by atoms with Crippen LogP contribution >= 0.6 is 0 Å². The number of hydrogen-bond donors (Lipinski definition) is 2. The summed E-state index contributed by atoms with van der Waals surface area (Å²) in [5.41, 5.74) is 5.49. The first kappa shape index (κ1) is 20.2. The summed E-state index contributed by atoms with van der Waals surface area (Å²) in [4.78, 5) is 29.2. The van der Waals surface area contributed by atoms with Crippen molar-refractivity contribution in [3.63, 3.8) is 0 Å². The first-order chi connectivity index (χ1) is 12.0. The number of carbonyl (C=O) groups excluding carboxylic acids is 2. The molecular weight excluding hydrogens is 316 g/mol. The van der Waals surface area contributed by atoms with E-state index in [1.807, 2.05) is 18.7 Å². The Labute approximate surface area is 152 Å². The number of rotatable bonds is 7. The predicted octanol–water partition coefficient (Wildman–Crippen LogP) is 1.34. The minimum absolute atomic E-state index is 0.130. The number of nitrogens with two attached hydrogens (primary N) is 1. The summed E-state index contributed by atoms with van der Waals surface area (Å²) >= 11 is 0. The van der Waals surface area contributed by atoms with Crippen LogP contribution in [0.15, 0.2) is 0 Å². The van der Waals surface area contributed by atoms with Crippen LogP contribution in [-0.4, -0.2) is 66.9 Å². The van der Waals surface area contributed by atoms with E-state index in [0.29, 0.717) is 32.2 Å². The number of piperazine rings is 1. The largest absolute Gasteiger partial charge is 0.352 e. The quantitative estimate of drug-likeness (QED) is 0.725. The first-order valence-electron chi connectivity index (χ1n) is 10.1. The van der Waals surface area contributed by atoms with Gasteiger partial charge in [-0.3, -0.25) is 14.5 Å². The summed E-state index contributed by atoms with van der Waals surface area (Å²) in [6.07, 6.45) is 7.53. The molecule has 25 heavy (non-hydrogen) atoms. The van der Waals surface area contributed by atoms with Gasteiger partial charge >= 0.3 is 0 Å². The Bertz CT molecular complexity index is 428. The second-order valence-corrected chi connectivity index (χ2v) is 7.66. The van der Waals surface area contributed by atoms with Gasteiger partial charge in [-0.25, -0.2) is 0 Å². The van der Waals surface area contributed by atoms with Crippen LogP contribution in [0.4, 0.5) is 0 Å². The number of hydrogen-bond acceptors (Lipinski definition) is 4. The van der Waals surface area contributed by atoms with Crippen molar-refractivity contribution in [1.82, 2.24) is 15.1 Å². The summed E-state index contributed by atoms with van der Waals surface area (Å²) in [5, 5.41) is 3.17. The van der Waals surface area contributed by atoms with Crippen molar-refractivity contribution >= 4 is 11.8 Å². The lowest BCUT2D eigenvalue weighted by Gasteiger charge is -2.40. The average molecular weight is 353 g/mol. The van der Waals surface area contributed by atoms with Crippen LogP contribution < -0.4 is 11.1 Å². The molecule has 0 atom stereocenters. The summed E-state index contributed by atoms with van der Waals surface area (Å²) in [5.74, 6) is 0.316. The van der Waals surface area contributed by atoms with Crippen molar-refractivity contribution in [3.05, 3.63) is 0 Å². The second-order valence-electron chi connectivity index (χ2n) is 7.66. The minimum atomic E-state index is -0.416. The molecule has 2 fully saturated rings. The lowest BCUT2D eigenvalue weighted by molar-refractivity contribution is -0.144. The molecule has 1 saturated carbocycles. The number of carbonyl (C=O) groups is 2. The Morgan fingerprint density at radius 2 is 1.64 bits per heavy atom. The highest BCUT2D eigenvalue weighted by atomic mass is 16.2. The summed E-state index contributed by atoms with van der Waals surface area (Å²) in [6.45, 7) is 7.84. The minimum Gasteiger partial charge on any atom is -0.352 e. The van der Waals surface area contributed by atoms with Gasteiger partial charge in [0.25, 0.3) is 0 Å². The molecule has 0 unspecified atom stereocenters. The van der Waals surface area contributed by atoms with E-state index in [0.717, 1.165) is 38.8 Å². The molecule has 0 bridgehead atoms. The maximum atomic E-state index is 12.9. The number of nitrogens with one attached hydrogen (secondary N) is 1. The molecule has 144 valence electrons. The van der Waals surface area contributed by atoms with Crippen LogP contribution in [0.2, 0.25) is 0 Å². The van der Waals surface area contributed by atoms with Crippen molar-refractivity contribution in [2.24, 2.45) is 11.1 Å². The Balaban J connectivity index is 1.77. The van der Waals surface area contributed by atoms with E-state index < -0.39 is 5.41 Å². The molecule has 2 amide bonds. The van der Waals surface area contributed by atoms with Crippen molar-refractivity contribution in [2.75, 3.05) is 39.3 Å². The Morgan fingerprint density at radius 3 is 2.16 bits per heavy atom. The van der Waals surface area contributed by atoms with Crippen LogP contribution in [0, 0.1) is 5.41 Å². The normalized spacial score (nSPS) is 20.5. The highest BCUT2D eigenvalue weighted by Crippen LogP contribution is 2.28. The van der Waals surface area contributed by atoms with E-state index >= 15 is 0 Å². The smallest absolute Gasteiger partial charge is 0.234 e. The first-order valence-corrected chi connectivity index (χ1v) is 10.1. The van der Waals surface area contributed by atoms with Gasteiger partial charge in [0.1, 0.15) is 0 Å². The van der Waals surface area contributed by atoms with Crippen molar-refractivity contribution in [3.8, 4) is 0 Å². The van der Waals surface area contributed by atoms with E-state index in [-0.39, 0.29) is 11.8 Å². The third-order valence-electron chi connectivity index (χ3n) is 6.19. The fourth-order valence-electron chi connectivity index (χ4n) is 4.10. The fourth-order valence-corrected chi connectivity index (χ4v) is 4.10. The molecule has 0 aromatic rings. The van der Waals surface area contributed by atoms with Crippen LogP contribution in [0.3, 0.4) is 0 Å². The molecule has 2 rings (SSSR count). The SMILES string of the molecule is CCC(CC)(CN)C(=O)N1CCN(CC(=O)NC2CCCCC2)CC1. The van der Waals surface area contributed by atoms with Gasteiger partial charge in [0.05, 0.1) is 12.0 Å². The molecule has 1 aliphatic heterocycles. The maximum Gasteiger partial charge on any atom is 0.234 e. The standard InChI is InChI=1S/C19H36N4O2/c1-3-19(4-2,15-20)18(25)23-12-10-22(11-13-23)14-17(24)21-16-8-6-5-7-9-16/h16H,3-15,20H2,1-2H3,(H,21,24). The zero-order chi connectivity index (χ0) is 18.3. The van der Waals surface area contributed by atoms with Gasteiger partial charge in [0, 0.05) is 38.8 Å². The molecule has 0 spiro atoms. The Morgan fingerprint density at radius 1 is 1.04 bits per heavy atom. The van der Waals surface area contributed by atoms with Crippen molar-refractivity contribution in [2.45, 2.75) is 64.8 Å².